The van der Waals surface area contributed by atoms with Gasteiger partial charge in [0, 0.05) is 6.42 Å². The number of unbranched alkanes of at least 4 members (excludes halogenated alkanes) is 3. The predicted molar refractivity (Wildman–Crippen MR) is 184 cm³/mol. The van der Waals surface area contributed by atoms with Gasteiger partial charge in [-0.25, -0.2) is 4.79 Å². The fraction of sp³-hybridized carbons (Fsp3) is 0.486. The third kappa shape index (κ3) is 9.61. The van der Waals surface area contributed by atoms with E-state index in [1.165, 1.54) is 4.90 Å². The van der Waals surface area contributed by atoms with Crippen molar-refractivity contribution in [1.82, 2.24) is 19.8 Å². The summed E-state index contributed by atoms with van der Waals surface area (Å²) in [5.74, 6) is -1.97. The van der Waals surface area contributed by atoms with Crippen LogP contribution in [0, 0.1) is 11.8 Å². The van der Waals surface area contributed by atoms with E-state index in [4.69, 9.17) is 25.3 Å². The van der Waals surface area contributed by atoms with Gasteiger partial charge >= 0.3 is 12.1 Å². The molecule has 5 atom stereocenters. The number of nitrogens with two attached hydrogens (primary N) is 1. The molecule has 262 valence electrons. The van der Waals surface area contributed by atoms with Gasteiger partial charge in [-0.05, 0) is 70.1 Å². The van der Waals surface area contributed by atoms with Gasteiger partial charge < -0.3 is 30.5 Å². The average Bonchev–Trinajstić information content (AvgIpc) is 3.58. The first kappa shape index (κ1) is 35.4. The molecule has 3 amide bonds. The number of primary amides is 1. The maximum Gasteiger partial charge on any atom is 0.408 e. The van der Waals surface area contributed by atoms with Crippen LogP contribution in [0.2, 0.25) is 0 Å². The van der Waals surface area contributed by atoms with Crippen LogP contribution in [0.25, 0.3) is 11.0 Å². The molecule has 1 aromatic heterocycles. The molecule has 1 saturated carbocycles. The molecule has 0 bridgehead atoms. The van der Waals surface area contributed by atoms with E-state index in [1.807, 2.05) is 71.3 Å². The van der Waals surface area contributed by atoms with Crippen molar-refractivity contribution in [2.45, 2.75) is 96.1 Å². The highest BCUT2D eigenvalue weighted by Crippen LogP contribution is 2.39. The SMILES string of the molecule is CC(C)(C)OC(=O)N[C@@H](CCCCC/C=C\[C@@H]1C[C@@H]1C(=O)O)C(=O)N1C[C@H](Oc2nc3ccccc3n2Cc2ccccc2)C[C@H]1C(N)=O. The van der Waals surface area contributed by atoms with E-state index in [0.29, 0.717) is 31.8 Å². The first-order valence-electron chi connectivity index (χ1n) is 17.0. The number of fused-ring (bicyclic) bond motifs is 1. The van der Waals surface area contributed by atoms with E-state index >= 15 is 0 Å². The number of nitrogens with zero attached hydrogens (tertiary/aromatic N) is 3. The Morgan fingerprint density at radius 3 is 2.47 bits per heavy atom. The number of nitrogens with one attached hydrogen (secondary N) is 1. The number of alkyl carbamates (subject to hydrolysis) is 1. The lowest BCUT2D eigenvalue weighted by Crippen LogP contribution is -2.53. The fourth-order valence-corrected chi connectivity index (χ4v) is 6.28. The van der Waals surface area contributed by atoms with Crippen LogP contribution in [0.5, 0.6) is 6.01 Å². The van der Waals surface area contributed by atoms with E-state index in [9.17, 15) is 19.2 Å². The smallest absolute Gasteiger partial charge is 0.408 e. The molecule has 2 aliphatic rings. The molecule has 0 radical (unpaired) electrons. The molecular weight excluding hydrogens is 626 g/mol. The van der Waals surface area contributed by atoms with Crippen LogP contribution in [-0.4, -0.2) is 73.8 Å². The molecule has 4 N–H and O–H groups in total. The molecule has 12 heteroatoms. The molecule has 1 aliphatic heterocycles. The van der Waals surface area contributed by atoms with Gasteiger partial charge in [-0.1, -0.05) is 67.5 Å². The van der Waals surface area contributed by atoms with Crippen LogP contribution in [0.4, 0.5) is 4.79 Å². The predicted octanol–water partition coefficient (Wildman–Crippen LogP) is 5.04. The molecule has 12 nitrogen and oxygen atoms in total. The molecule has 2 aromatic carbocycles. The van der Waals surface area contributed by atoms with Crippen molar-refractivity contribution in [2.24, 2.45) is 17.6 Å². The number of likely N-dealkylation sites (tertiary alicyclic amines) is 1. The molecular formula is C37H47N5O7. The summed E-state index contributed by atoms with van der Waals surface area (Å²) in [6, 6.07) is 16.2. The number of ether oxygens (including phenoxy) is 2. The van der Waals surface area contributed by atoms with Gasteiger partial charge in [-0.2, -0.15) is 4.98 Å². The van der Waals surface area contributed by atoms with Crippen LogP contribution < -0.4 is 15.8 Å². The van der Waals surface area contributed by atoms with Crippen LogP contribution in [0.1, 0.15) is 71.3 Å². The summed E-state index contributed by atoms with van der Waals surface area (Å²) < 4.78 is 13.9. The number of imidazole rings is 1. The summed E-state index contributed by atoms with van der Waals surface area (Å²) in [5.41, 5.74) is 7.78. The quantitative estimate of drug-likeness (QED) is 0.149. The zero-order valence-corrected chi connectivity index (χ0v) is 28.4. The number of amides is 3. The van der Waals surface area contributed by atoms with E-state index < -0.39 is 47.7 Å². The van der Waals surface area contributed by atoms with Gasteiger partial charge in [0.1, 0.15) is 23.8 Å². The van der Waals surface area contributed by atoms with Crippen LogP contribution in [0.15, 0.2) is 66.7 Å². The van der Waals surface area contributed by atoms with Gasteiger partial charge in [0.2, 0.25) is 11.8 Å². The van der Waals surface area contributed by atoms with E-state index in [1.54, 1.807) is 20.8 Å². The summed E-state index contributed by atoms with van der Waals surface area (Å²) in [6.07, 6.45) is 7.00. The lowest BCUT2D eigenvalue weighted by Gasteiger charge is -2.28. The number of para-hydroxylation sites is 2. The molecule has 1 aliphatic carbocycles. The number of aliphatic carboxylic acids is 1. The summed E-state index contributed by atoms with van der Waals surface area (Å²) in [5, 5.41) is 11.8. The second-order valence-corrected chi connectivity index (χ2v) is 13.9. The van der Waals surface area contributed by atoms with Crippen molar-refractivity contribution in [3.05, 3.63) is 72.3 Å². The van der Waals surface area contributed by atoms with Gasteiger partial charge in [0.05, 0.1) is 30.0 Å². The number of hydrogen-bond acceptors (Lipinski definition) is 7. The largest absolute Gasteiger partial charge is 0.481 e. The standard InChI is InChI=1S/C37H47N5O7/c1-37(2,3)49-36(47)40-29(18-11-6-4-5-10-16-25-20-27(25)34(45)46)33(44)41-23-26(21-31(41)32(38)43)48-35-39-28-17-12-13-19-30(28)42(35)22-24-14-8-7-9-15-24/h7-10,12-17,19,25-27,29,31H,4-6,11,18,20-23H2,1-3H3,(H2,38,43)(H,40,47)(H,45,46)/b16-10-/t25-,26-,27+,29+,31+/m1/s1. The lowest BCUT2D eigenvalue weighted by molar-refractivity contribution is -0.139. The van der Waals surface area contributed by atoms with Gasteiger partial charge in [0.15, 0.2) is 0 Å². The Balaban J connectivity index is 1.26. The summed E-state index contributed by atoms with van der Waals surface area (Å²) in [7, 11) is 0. The van der Waals surface area contributed by atoms with Crippen molar-refractivity contribution in [3.8, 4) is 6.01 Å². The molecule has 2 fully saturated rings. The maximum atomic E-state index is 14.1. The first-order valence-corrected chi connectivity index (χ1v) is 17.0. The van der Waals surface area contributed by atoms with Gasteiger partial charge in [-0.3, -0.25) is 19.0 Å². The van der Waals surface area contributed by atoms with Gasteiger partial charge in [-0.15, -0.1) is 0 Å². The average molecular weight is 674 g/mol. The van der Waals surface area contributed by atoms with E-state index in [2.05, 4.69) is 5.32 Å². The highest BCUT2D eigenvalue weighted by Gasteiger charge is 2.43. The van der Waals surface area contributed by atoms with E-state index in [0.717, 1.165) is 35.9 Å². The normalized spacial score (nSPS) is 21.1. The van der Waals surface area contributed by atoms with Crippen LogP contribution >= 0.6 is 0 Å². The number of aromatic nitrogens is 2. The number of benzene rings is 2. The molecule has 0 spiro atoms. The number of carbonyl (C=O) groups excluding carboxylic acids is 3. The molecule has 2 heterocycles. The van der Waals surface area contributed by atoms with Crippen LogP contribution in [-0.2, 0) is 25.7 Å². The molecule has 49 heavy (non-hydrogen) atoms. The highest BCUT2D eigenvalue weighted by atomic mass is 16.6. The summed E-state index contributed by atoms with van der Waals surface area (Å²) >= 11 is 0. The Bertz CT molecular complexity index is 1660. The Hall–Kier alpha value is -4.87. The number of carboxylic acid groups (broad SMARTS) is 1. The van der Waals surface area contributed by atoms with E-state index in [-0.39, 0.29) is 24.8 Å². The summed E-state index contributed by atoms with van der Waals surface area (Å²) in [4.78, 5) is 56.7. The second-order valence-electron chi connectivity index (χ2n) is 13.9. The highest BCUT2D eigenvalue weighted by molar-refractivity contribution is 5.91. The van der Waals surface area contributed by atoms with Crippen molar-refractivity contribution >= 4 is 34.9 Å². The summed E-state index contributed by atoms with van der Waals surface area (Å²) in [6.45, 7) is 5.85. The minimum atomic E-state index is -0.934. The topological polar surface area (TPSA) is 166 Å². The zero-order chi connectivity index (χ0) is 35.1. The van der Waals surface area contributed by atoms with Crippen molar-refractivity contribution in [2.75, 3.05) is 6.54 Å². The fourth-order valence-electron chi connectivity index (χ4n) is 6.28. The Morgan fingerprint density at radius 2 is 1.78 bits per heavy atom. The van der Waals surface area contributed by atoms with Crippen molar-refractivity contribution in [1.29, 1.82) is 0 Å². The number of allylic oxidation sites excluding steroid dienone is 2. The third-order valence-corrected chi connectivity index (χ3v) is 8.84. The molecule has 3 aromatic rings. The first-order chi connectivity index (χ1) is 23.4. The Labute approximate surface area is 286 Å². The molecule has 0 unspecified atom stereocenters. The Morgan fingerprint density at radius 1 is 1.04 bits per heavy atom. The van der Waals surface area contributed by atoms with Crippen LogP contribution in [0.3, 0.4) is 0 Å². The number of hydrogen-bond donors (Lipinski definition) is 3. The lowest BCUT2D eigenvalue weighted by atomic mass is 10.0. The minimum absolute atomic E-state index is 0.0940. The maximum absolute atomic E-state index is 14.1. The second kappa shape index (κ2) is 15.6. The monoisotopic (exact) mass is 673 g/mol. The van der Waals surface area contributed by atoms with Crippen molar-refractivity contribution < 1.29 is 33.8 Å². The third-order valence-electron chi connectivity index (χ3n) is 8.84. The molecule has 5 rings (SSSR count). The zero-order valence-electron chi connectivity index (χ0n) is 28.4. The number of carboxylic acids is 1. The number of carbonyl (C=O) groups is 4. The van der Waals surface area contributed by atoms with Gasteiger partial charge in [0.25, 0.3) is 6.01 Å². The number of rotatable bonds is 15. The van der Waals surface area contributed by atoms with Crippen molar-refractivity contribution in [3.63, 3.8) is 0 Å². The Kier molecular flexibility index (Phi) is 11.3. The minimum Gasteiger partial charge on any atom is -0.481 e. The molecule has 1 saturated heterocycles.